The van der Waals surface area contributed by atoms with E-state index in [0.717, 1.165) is 5.56 Å². The molecule has 24 heavy (non-hydrogen) atoms. The number of benzene rings is 1. The Balaban J connectivity index is 1.96. The number of aromatic nitrogens is 2. The molecule has 2 heterocycles. The van der Waals surface area contributed by atoms with Crippen molar-refractivity contribution in [2.75, 3.05) is 0 Å². The maximum absolute atomic E-state index is 9.14. The molecule has 6 heteroatoms. The Morgan fingerprint density at radius 1 is 1.33 bits per heavy atom. The molecule has 0 aliphatic carbocycles. The van der Waals surface area contributed by atoms with Gasteiger partial charge < -0.3 is 15.8 Å². The van der Waals surface area contributed by atoms with Gasteiger partial charge in [0.25, 0.3) is 0 Å². The number of hydrogen-bond donors (Lipinski definition) is 2. The van der Waals surface area contributed by atoms with Gasteiger partial charge in [-0.3, -0.25) is 0 Å². The Labute approximate surface area is 140 Å². The zero-order chi connectivity index (χ0) is 16.9. The van der Waals surface area contributed by atoms with Crippen molar-refractivity contribution in [3.05, 3.63) is 65.8 Å². The van der Waals surface area contributed by atoms with Crippen LogP contribution < -0.4 is 15.8 Å². The Bertz CT molecular complexity index is 833. The molecule has 0 bridgehead atoms. The average molecular weight is 319 g/mol. The van der Waals surface area contributed by atoms with Crippen LogP contribution in [-0.2, 0) is 6.54 Å². The van der Waals surface area contributed by atoms with E-state index in [-0.39, 0.29) is 6.04 Å². The van der Waals surface area contributed by atoms with Crippen molar-refractivity contribution < 1.29 is 4.74 Å². The summed E-state index contributed by atoms with van der Waals surface area (Å²) in [7, 11) is 0. The van der Waals surface area contributed by atoms with Crippen LogP contribution >= 0.6 is 0 Å². The number of nitrogens with zero attached hydrogens (tertiary/aromatic N) is 3. The van der Waals surface area contributed by atoms with E-state index in [2.05, 4.69) is 21.4 Å². The summed E-state index contributed by atoms with van der Waals surface area (Å²) in [5.74, 6) is 1.71. The van der Waals surface area contributed by atoms with Crippen LogP contribution in [0.1, 0.15) is 18.1 Å². The van der Waals surface area contributed by atoms with Gasteiger partial charge >= 0.3 is 0 Å². The zero-order valence-electron chi connectivity index (χ0n) is 13.2. The van der Waals surface area contributed by atoms with E-state index in [1.54, 1.807) is 36.8 Å². The highest BCUT2D eigenvalue weighted by Crippen LogP contribution is 2.30. The summed E-state index contributed by atoms with van der Waals surface area (Å²) >= 11 is 0. The Morgan fingerprint density at radius 2 is 2.12 bits per heavy atom. The third-order valence-electron chi connectivity index (χ3n) is 3.56. The average Bonchev–Trinajstić information content (AvgIpc) is 2.63. The van der Waals surface area contributed by atoms with Gasteiger partial charge in [-0.1, -0.05) is 6.08 Å². The minimum Gasteiger partial charge on any atom is -0.455 e. The van der Waals surface area contributed by atoms with Crippen molar-refractivity contribution in [1.29, 1.82) is 5.26 Å². The Morgan fingerprint density at radius 3 is 2.75 bits per heavy atom. The summed E-state index contributed by atoms with van der Waals surface area (Å²) in [6, 6.07) is 7.56. The van der Waals surface area contributed by atoms with Gasteiger partial charge in [-0.05, 0) is 31.2 Å². The molecule has 120 valence electrons. The number of hydrogen-bond acceptors (Lipinski definition) is 6. The first-order valence-electron chi connectivity index (χ1n) is 7.57. The molecule has 1 aliphatic rings. The second kappa shape index (κ2) is 6.94. The lowest BCUT2D eigenvalue weighted by molar-refractivity contribution is 0.435. The van der Waals surface area contributed by atoms with Crippen LogP contribution in [0.15, 0.2) is 54.7 Å². The highest BCUT2D eigenvalue weighted by atomic mass is 16.5. The van der Waals surface area contributed by atoms with Gasteiger partial charge in [0.2, 0.25) is 0 Å². The van der Waals surface area contributed by atoms with Crippen molar-refractivity contribution in [2.45, 2.75) is 19.5 Å². The van der Waals surface area contributed by atoms with Crippen molar-refractivity contribution in [3.8, 4) is 23.2 Å². The molecule has 1 aromatic heterocycles. The summed E-state index contributed by atoms with van der Waals surface area (Å²) in [6.07, 6.45) is 9.06. The third-order valence-corrected chi connectivity index (χ3v) is 3.56. The molecule has 6 nitrogen and oxygen atoms in total. The van der Waals surface area contributed by atoms with E-state index in [0.29, 0.717) is 35.0 Å². The molecule has 0 saturated heterocycles. The molecule has 0 radical (unpaired) electrons. The molecule has 1 unspecified atom stereocenters. The van der Waals surface area contributed by atoms with Crippen LogP contribution in [0.25, 0.3) is 11.4 Å². The molecule has 0 saturated carbocycles. The van der Waals surface area contributed by atoms with Gasteiger partial charge in [-0.15, -0.1) is 0 Å². The van der Waals surface area contributed by atoms with Gasteiger partial charge in [-0.25, -0.2) is 9.97 Å². The van der Waals surface area contributed by atoms with E-state index in [4.69, 9.17) is 15.7 Å². The minimum absolute atomic E-state index is 0.259. The lowest BCUT2D eigenvalue weighted by Crippen LogP contribution is -2.22. The number of rotatable bonds is 4. The van der Waals surface area contributed by atoms with Gasteiger partial charge in [0.05, 0.1) is 17.2 Å². The summed E-state index contributed by atoms with van der Waals surface area (Å²) in [5.41, 5.74) is 7.65. The van der Waals surface area contributed by atoms with Crippen LogP contribution in [-0.4, -0.2) is 16.0 Å². The molecule has 2 aromatic rings. The number of nitrogens with one attached hydrogen (secondary N) is 1. The second-order valence-electron chi connectivity index (χ2n) is 5.41. The summed E-state index contributed by atoms with van der Waals surface area (Å²) in [6.45, 7) is 2.43. The van der Waals surface area contributed by atoms with E-state index >= 15 is 0 Å². The molecule has 1 aromatic carbocycles. The van der Waals surface area contributed by atoms with Gasteiger partial charge in [0.1, 0.15) is 11.5 Å². The quantitative estimate of drug-likeness (QED) is 0.897. The molecule has 0 spiro atoms. The zero-order valence-corrected chi connectivity index (χ0v) is 13.2. The molecule has 3 rings (SSSR count). The highest BCUT2D eigenvalue weighted by molar-refractivity contribution is 5.66. The molecule has 0 fully saturated rings. The SMILES string of the molecule is CC1C=CC(Oc2cc(C#N)ccc2-c2ncc(CN)cn2)=CN1. The first-order chi connectivity index (χ1) is 11.7. The fourth-order valence-electron chi connectivity index (χ4n) is 2.21. The van der Waals surface area contributed by atoms with Crippen LogP contribution in [0, 0.1) is 11.3 Å². The molecule has 0 amide bonds. The predicted octanol–water partition coefficient (Wildman–Crippen LogP) is 2.24. The first-order valence-corrected chi connectivity index (χ1v) is 7.57. The Hall–Kier alpha value is -3.17. The highest BCUT2D eigenvalue weighted by Gasteiger charge is 2.13. The van der Waals surface area contributed by atoms with Crippen molar-refractivity contribution >= 4 is 0 Å². The number of nitrogens with two attached hydrogens (primary N) is 1. The van der Waals surface area contributed by atoms with Gasteiger partial charge in [-0.2, -0.15) is 5.26 Å². The van der Waals surface area contributed by atoms with Crippen LogP contribution in [0.4, 0.5) is 0 Å². The van der Waals surface area contributed by atoms with Gasteiger partial charge in [0.15, 0.2) is 5.82 Å². The van der Waals surface area contributed by atoms with Crippen LogP contribution in [0.3, 0.4) is 0 Å². The molecule has 1 atom stereocenters. The fraction of sp³-hybridized carbons (Fsp3) is 0.167. The van der Waals surface area contributed by atoms with Crippen LogP contribution in [0.2, 0.25) is 0 Å². The largest absolute Gasteiger partial charge is 0.455 e. The van der Waals surface area contributed by atoms with E-state index in [1.807, 2.05) is 19.1 Å². The summed E-state index contributed by atoms with van der Waals surface area (Å²) in [5, 5.41) is 12.3. The van der Waals surface area contributed by atoms with Crippen molar-refractivity contribution in [1.82, 2.24) is 15.3 Å². The second-order valence-corrected chi connectivity index (χ2v) is 5.41. The van der Waals surface area contributed by atoms with E-state index in [1.165, 1.54) is 0 Å². The standard InChI is InChI=1S/C18H17N5O/c1-12-2-4-15(11-21-12)24-17-6-13(7-19)3-5-16(17)18-22-9-14(8-20)10-23-18/h2-6,9-12,21H,8,20H2,1H3. The normalized spacial score (nSPS) is 16.0. The smallest absolute Gasteiger partial charge is 0.162 e. The topological polar surface area (TPSA) is 96.8 Å². The number of ether oxygens (including phenoxy) is 1. The lowest BCUT2D eigenvalue weighted by atomic mass is 10.1. The Kier molecular flexibility index (Phi) is 4.54. The van der Waals surface area contributed by atoms with Crippen molar-refractivity contribution in [2.24, 2.45) is 5.73 Å². The molecular formula is C18H17N5O. The summed E-state index contributed by atoms with van der Waals surface area (Å²) in [4.78, 5) is 8.67. The predicted molar refractivity (Wildman–Crippen MR) is 90.5 cm³/mol. The fourth-order valence-corrected chi connectivity index (χ4v) is 2.21. The molecule has 3 N–H and O–H groups in total. The van der Waals surface area contributed by atoms with E-state index in [9.17, 15) is 0 Å². The monoisotopic (exact) mass is 319 g/mol. The number of dihydropyridines is 1. The van der Waals surface area contributed by atoms with Crippen molar-refractivity contribution in [3.63, 3.8) is 0 Å². The number of allylic oxidation sites excluding steroid dienone is 1. The lowest BCUT2D eigenvalue weighted by Gasteiger charge is -2.16. The maximum Gasteiger partial charge on any atom is 0.162 e. The van der Waals surface area contributed by atoms with Gasteiger partial charge in [0, 0.05) is 36.7 Å². The molecule has 1 aliphatic heterocycles. The molecular weight excluding hydrogens is 302 g/mol. The summed E-state index contributed by atoms with van der Waals surface area (Å²) < 4.78 is 5.94. The minimum atomic E-state index is 0.259. The third kappa shape index (κ3) is 3.42. The van der Waals surface area contributed by atoms with Crippen LogP contribution in [0.5, 0.6) is 5.75 Å². The van der Waals surface area contributed by atoms with E-state index < -0.39 is 0 Å². The number of nitriles is 1. The first kappa shape index (κ1) is 15.7. The maximum atomic E-state index is 9.14.